The fourth-order valence-corrected chi connectivity index (χ4v) is 3.61. The zero-order valence-electron chi connectivity index (χ0n) is 16.2. The number of oxime groups is 1. The maximum atomic E-state index is 14.8. The van der Waals surface area contributed by atoms with Gasteiger partial charge >= 0.3 is 6.03 Å². The number of carbonyl (C=O) groups excluding carboxylic acids is 2. The van der Waals surface area contributed by atoms with Crippen LogP contribution in [-0.4, -0.2) is 49.0 Å². The van der Waals surface area contributed by atoms with E-state index < -0.39 is 41.3 Å². The van der Waals surface area contributed by atoms with Crippen molar-refractivity contribution in [3.05, 3.63) is 59.4 Å². The van der Waals surface area contributed by atoms with Crippen LogP contribution in [0.2, 0.25) is 0 Å². The lowest BCUT2D eigenvalue weighted by Crippen LogP contribution is -2.48. The first-order valence-corrected chi connectivity index (χ1v) is 9.23. The van der Waals surface area contributed by atoms with Gasteiger partial charge in [-0.3, -0.25) is 9.69 Å². The third kappa shape index (κ3) is 3.98. The van der Waals surface area contributed by atoms with Gasteiger partial charge in [0.05, 0.1) is 7.11 Å². The molecule has 162 valence electrons. The van der Waals surface area contributed by atoms with Crippen molar-refractivity contribution in [2.75, 3.05) is 25.6 Å². The highest BCUT2D eigenvalue weighted by Crippen LogP contribution is 2.35. The Morgan fingerprint density at radius 2 is 1.87 bits per heavy atom. The maximum absolute atomic E-state index is 14.8. The molecule has 1 fully saturated rings. The zero-order valence-corrected chi connectivity index (χ0v) is 16.2. The minimum Gasteiger partial charge on any atom is -0.497 e. The summed E-state index contributed by atoms with van der Waals surface area (Å²) in [6, 6.07) is 5.25. The number of nitrogens with one attached hydrogen (secondary N) is 2. The highest BCUT2D eigenvalue weighted by molar-refractivity contribution is 6.06. The molecule has 0 unspecified atom stereocenters. The molecule has 3 amide bonds. The Balaban J connectivity index is 1.65. The second-order valence-corrected chi connectivity index (χ2v) is 6.92. The molecule has 0 aromatic heterocycles. The van der Waals surface area contributed by atoms with Gasteiger partial charge in [-0.25, -0.2) is 18.0 Å². The summed E-state index contributed by atoms with van der Waals surface area (Å²) in [7, 11) is 1.28. The summed E-state index contributed by atoms with van der Waals surface area (Å²) >= 11 is 0. The van der Waals surface area contributed by atoms with Crippen LogP contribution in [0.25, 0.3) is 0 Å². The molecule has 2 atom stereocenters. The van der Waals surface area contributed by atoms with E-state index >= 15 is 0 Å². The van der Waals surface area contributed by atoms with Crippen LogP contribution >= 0.6 is 0 Å². The maximum Gasteiger partial charge on any atom is 0.319 e. The molecule has 4 rings (SSSR count). The fraction of sp³-hybridized carbons (Fsp3) is 0.250. The average molecular weight is 434 g/mol. The number of benzene rings is 2. The first-order valence-electron chi connectivity index (χ1n) is 9.23. The predicted octanol–water partition coefficient (Wildman–Crippen LogP) is 2.57. The predicted molar refractivity (Wildman–Crippen MR) is 103 cm³/mol. The number of amidine groups is 1. The van der Waals surface area contributed by atoms with Gasteiger partial charge in [-0.1, -0.05) is 5.16 Å². The van der Waals surface area contributed by atoms with Crippen molar-refractivity contribution in [1.82, 2.24) is 10.2 Å². The van der Waals surface area contributed by atoms with E-state index in [1.54, 1.807) is 0 Å². The number of nitrogens with zero attached hydrogens (tertiary/aromatic N) is 2. The number of anilines is 1. The van der Waals surface area contributed by atoms with E-state index in [1.165, 1.54) is 24.1 Å². The second-order valence-electron chi connectivity index (χ2n) is 6.92. The smallest absolute Gasteiger partial charge is 0.319 e. The van der Waals surface area contributed by atoms with Gasteiger partial charge in [0, 0.05) is 35.8 Å². The minimum absolute atomic E-state index is 0.00946. The molecule has 2 aliphatic rings. The van der Waals surface area contributed by atoms with Gasteiger partial charge in [0.25, 0.3) is 5.91 Å². The van der Waals surface area contributed by atoms with Crippen molar-refractivity contribution in [3.63, 3.8) is 0 Å². The standard InChI is InChI=1S/C20H17F3N4O4/c1-30-12-6-14(22)17(15(23)7-12)13-8-27-16(28)9-31-26-19(27)18(13)25-20(29)24-11-4-2-10(21)3-5-11/h2-7,13,18H,8-9H2,1H3,(H2,24,25,29)/t13-,18-/m0/s1. The number of methoxy groups -OCH3 is 1. The summed E-state index contributed by atoms with van der Waals surface area (Å²) in [5, 5.41) is 8.90. The lowest BCUT2D eigenvalue weighted by Gasteiger charge is -2.23. The molecular formula is C20H17F3N4O4. The Hall–Kier alpha value is -3.76. The molecule has 2 heterocycles. The number of rotatable bonds is 4. The highest BCUT2D eigenvalue weighted by Gasteiger charge is 2.47. The number of hydrogen-bond donors (Lipinski definition) is 2. The van der Waals surface area contributed by atoms with Gasteiger partial charge in [0.15, 0.2) is 12.4 Å². The van der Waals surface area contributed by atoms with Gasteiger partial charge in [0.1, 0.15) is 29.2 Å². The topological polar surface area (TPSA) is 92.3 Å². The first-order chi connectivity index (χ1) is 14.9. The van der Waals surface area contributed by atoms with Gasteiger partial charge in [0.2, 0.25) is 0 Å². The van der Waals surface area contributed by atoms with Crippen LogP contribution in [0, 0.1) is 17.5 Å². The van der Waals surface area contributed by atoms with Crippen LogP contribution < -0.4 is 15.4 Å². The van der Waals surface area contributed by atoms with E-state index in [9.17, 15) is 22.8 Å². The van der Waals surface area contributed by atoms with Gasteiger partial charge < -0.3 is 20.2 Å². The van der Waals surface area contributed by atoms with Crippen molar-refractivity contribution in [3.8, 4) is 5.75 Å². The Kier molecular flexibility index (Phi) is 5.40. The van der Waals surface area contributed by atoms with E-state index in [4.69, 9.17) is 9.57 Å². The summed E-state index contributed by atoms with van der Waals surface area (Å²) in [6.45, 7) is -0.430. The van der Waals surface area contributed by atoms with E-state index in [0.29, 0.717) is 5.69 Å². The lowest BCUT2D eigenvalue weighted by molar-refractivity contribution is -0.134. The molecule has 31 heavy (non-hydrogen) atoms. The minimum atomic E-state index is -1.07. The molecule has 0 saturated carbocycles. The molecule has 0 radical (unpaired) electrons. The third-order valence-electron chi connectivity index (χ3n) is 5.03. The summed E-state index contributed by atoms with van der Waals surface area (Å²) in [5.41, 5.74) is -0.0252. The van der Waals surface area contributed by atoms with Crippen LogP contribution in [0.3, 0.4) is 0 Å². The summed E-state index contributed by atoms with van der Waals surface area (Å²) < 4.78 is 47.5. The highest BCUT2D eigenvalue weighted by atomic mass is 19.1. The van der Waals surface area contributed by atoms with Gasteiger partial charge in [-0.05, 0) is 24.3 Å². The number of carbonyl (C=O) groups is 2. The van der Waals surface area contributed by atoms with Crippen LogP contribution in [0.4, 0.5) is 23.7 Å². The van der Waals surface area contributed by atoms with Crippen molar-refractivity contribution < 1.29 is 32.3 Å². The number of ether oxygens (including phenoxy) is 1. The SMILES string of the molecule is COc1cc(F)c([C@@H]2CN3C(=O)CON=C3[C@H]2NC(=O)Nc2ccc(F)cc2)c(F)c1. The second kappa shape index (κ2) is 8.17. The molecule has 8 nitrogen and oxygen atoms in total. The summed E-state index contributed by atoms with van der Waals surface area (Å²) in [6.07, 6.45) is 0. The number of urea groups is 1. The van der Waals surface area contributed by atoms with Crippen LogP contribution in [0.5, 0.6) is 5.75 Å². The summed E-state index contributed by atoms with van der Waals surface area (Å²) in [4.78, 5) is 30.9. The Morgan fingerprint density at radius 3 is 2.52 bits per heavy atom. The molecule has 11 heteroatoms. The average Bonchev–Trinajstić information content (AvgIpc) is 3.08. The van der Waals surface area contributed by atoms with E-state index in [2.05, 4.69) is 15.8 Å². The van der Waals surface area contributed by atoms with Crippen LogP contribution in [-0.2, 0) is 9.63 Å². The Bertz CT molecular complexity index is 1040. The molecule has 2 aromatic rings. The molecule has 2 N–H and O–H groups in total. The number of halogens is 3. The first kappa shape index (κ1) is 20.5. The van der Waals surface area contributed by atoms with E-state index in [-0.39, 0.29) is 30.3 Å². The van der Waals surface area contributed by atoms with Crippen LogP contribution in [0.15, 0.2) is 41.6 Å². The Morgan fingerprint density at radius 1 is 1.19 bits per heavy atom. The molecule has 0 bridgehead atoms. The monoisotopic (exact) mass is 434 g/mol. The molecular weight excluding hydrogens is 417 g/mol. The largest absolute Gasteiger partial charge is 0.497 e. The lowest BCUT2D eigenvalue weighted by atomic mass is 9.92. The van der Waals surface area contributed by atoms with E-state index in [0.717, 1.165) is 24.3 Å². The van der Waals surface area contributed by atoms with Crippen molar-refractivity contribution in [2.45, 2.75) is 12.0 Å². The molecule has 0 spiro atoms. The molecule has 1 saturated heterocycles. The van der Waals surface area contributed by atoms with Crippen molar-refractivity contribution in [2.24, 2.45) is 5.16 Å². The number of amides is 3. The number of hydrogen-bond acceptors (Lipinski definition) is 5. The van der Waals surface area contributed by atoms with Crippen LogP contribution in [0.1, 0.15) is 11.5 Å². The summed E-state index contributed by atoms with van der Waals surface area (Å²) in [5.74, 6) is -3.66. The number of fused-ring (bicyclic) bond motifs is 1. The van der Waals surface area contributed by atoms with Gasteiger partial charge in [-0.2, -0.15) is 0 Å². The van der Waals surface area contributed by atoms with Crippen molar-refractivity contribution in [1.29, 1.82) is 0 Å². The molecule has 2 aromatic carbocycles. The normalized spacial score (nSPS) is 19.9. The zero-order chi connectivity index (χ0) is 22.1. The quantitative estimate of drug-likeness (QED) is 0.774. The Labute approximate surface area is 174 Å². The molecule has 2 aliphatic heterocycles. The third-order valence-corrected chi connectivity index (χ3v) is 5.03. The molecule has 0 aliphatic carbocycles. The van der Waals surface area contributed by atoms with Gasteiger partial charge in [-0.15, -0.1) is 0 Å². The van der Waals surface area contributed by atoms with E-state index in [1.807, 2.05) is 0 Å². The van der Waals surface area contributed by atoms with Crippen molar-refractivity contribution >= 4 is 23.5 Å². The fourth-order valence-electron chi connectivity index (χ4n) is 3.61.